The minimum atomic E-state index is -3.86. The van der Waals surface area contributed by atoms with Crippen LogP contribution in [-0.2, 0) is 16.4 Å². The van der Waals surface area contributed by atoms with Crippen molar-refractivity contribution >= 4 is 16.1 Å². The fourth-order valence-corrected chi connectivity index (χ4v) is 3.45. The van der Waals surface area contributed by atoms with Crippen LogP contribution in [0.1, 0.15) is 17.5 Å². The Hall–Kier alpha value is -2.74. The van der Waals surface area contributed by atoms with E-state index in [9.17, 15) is 13.2 Å². The highest BCUT2D eigenvalue weighted by molar-refractivity contribution is 7.90. The lowest BCUT2D eigenvalue weighted by Crippen LogP contribution is -2.39. The van der Waals surface area contributed by atoms with Crippen molar-refractivity contribution in [3.8, 4) is 11.5 Å². The van der Waals surface area contributed by atoms with Crippen LogP contribution in [0, 0.1) is 6.92 Å². The standard InChI is InChI=1S/C18H20N2O5S/c1-13-4-7-15(8-5-13)26(22,23)20-18(21)19-10-2-3-14-6-9-16-17(11-14)25-12-24-16/h4-9,11H,2-3,10,12H2,1H3,(H2,19,20,21). The van der Waals surface area contributed by atoms with Crippen LogP contribution in [0.5, 0.6) is 11.5 Å². The number of aryl methyl sites for hydroxylation is 2. The minimum absolute atomic E-state index is 0.0543. The third-order valence-corrected chi connectivity index (χ3v) is 5.27. The summed E-state index contributed by atoms with van der Waals surface area (Å²) in [5, 5.41) is 2.56. The molecular weight excluding hydrogens is 356 g/mol. The summed E-state index contributed by atoms with van der Waals surface area (Å²) in [6, 6.07) is 11.2. The molecule has 7 nitrogen and oxygen atoms in total. The Morgan fingerprint density at radius 3 is 2.58 bits per heavy atom. The lowest BCUT2D eigenvalue weighted by atomic mass is 10.1. The Labute approximate surface area is 152 Å². The topological polar surface area (TPSA) is 93.7 Å². The first kappa shape index (κ1) is 18.1. The average molecular weight is 376 g/mol. The van der Waals surface area contributed by atoms with Crippen LogP contribution in [0.15, 0.2) is 47.4 Å². The third-order valence-electron chi connectivity index (χ3n) is 3.92. The van der Waals surface area contributed by atoms with E-state index < -0.39 is 16.1 Å². The zero-order valence-corrected chi connectivity index (χ0v) is 15.1. The number of sulfonamides is 1. The molecule has 8 heteroatoms. The first-order valence-electron chi connectivity index (χ1n) is 8.20. The van der Waals surface area contributed by atoms with Gasteiger partial charge in [0, 0.05) is 6.54 Å². The summed E-state index contributed by atoms with van der Waals surface area (Å²) >= 11 is 0. The second kappa shape index (κ2) is 7.65. The van der Waals surface area contributed by atoms with Gasteiger partial charge >= 0.3 is 6.03 Å². The van der Waals surface area contributed by atoms with Gasteiger partial charge in [0.15, 0.2) is 11.5 Å². The quantitative estimate of drug-likeness (QED) is 0.755. The number of benzene rings is 2. The fraction of sp³-hybridized carbons (Fsp3) is 0.278. The van der Waals surface area contributed by atoms with Crippen molar-refractivity contribution in [3.63, 3.8) is 0 Å². The van der Waals surface area contributed by atoms with E-state index in [1.807, 2.05) is 29.8 Å². The molecule has 1 aliphatic heterocycles. The summed E-state index contributed by atoms with van der Waals surface area (Å²) in [5.74, 6) is 1.45. The molecule has 0 aliphatic carbocycles. The lowest BCUT2D eigenvalue weighted by molar-refractivity contribution is 0.174. The molecule has 0 saturated heterocycles. The average Bonchev–Trinajstić information content (AvgIpc) is 3.06. The van der Waals surface area contributed by atoms with E-state index in [1.165, 1.54) is 12.1 Å². The van der Waals surface area contributed by atoms with Crippen molar-refractivity contribution in [1.82, 2.24) is 10.0 Å². The van der Waals surface area contributed by atoms with Crippen molar-refractivity contribution in [2.75, 3.05) is 13.3 Å². The monoisotopic (exact) mass is 376 g/mol. The molecule has 1 aliphatic rings. The van der Waals surface area contributed by atoms with Gasteiger partial charge in [-0.2, -0.15) is 0 Å². The highest BCUT2D eigenvalue weighted by atomic mass is 32.2. The maximum Gasteiger partial charge on any atom is 0.328 e. The van der Waals surface area contributed by atoms with Gasteiger partial charge in [0.1, 0.15) is 0 Å². The molecule has 0 radical (unpaired) electrons. The number of hydrogen-bond donors (Lipinski definition) is 2. The van der Waals surface area contributed by atoms with E-state index in [0.717, 1.165) is 29.0 Å². The van der Waals surface area contributed by atoms with Crippen LogP contribution in [0.25, 0.3) is 0 Å². The summed E-state index contributed by atoms with van der Waals surface area (Å²) in [5.41, 5.74) is 2.00. The molecule has 0 saturated carbocycles. The van der Waals surface area contributed by atoms with Crippen molar-refractivity contribution in [1.29, 1.82) is 0 Å². The van der Waals surface area contributed by atoms with Gasteiger partial charge in [-0.3, -0.25) is 0 Å². The van der Waals surface area contributed by atoms with E-state index in [2.05, 4.69) is 5.32 Å². The van der Waals surface area contributed by atoms with Crippen LogP contribution in [-0.4, -0.2) is 27.8 Å². The van der Waals surface area contributed by atoms with Crippen LogP contribution in [0.3, 0.4) is 0 Å². The molecular formula is C18H20N2O5S. The zero-order valence-electron chi connectivity index (χ0n) is 14.3. The Bertz CT molecular complexity index is 894. The predicted octanol–water partition coefficient (Wildman–Crippen LogP) is 2.34. The number of rotatable bonds is 6. The molecule has 1 heterocycles. The molecule has 138 valence electrons. The number of nitrogens with one attached hydrogen (secondary N) is 2. The molecule has 3 rings (SSSR count). The van der Waals surface area contributed by atoms with E-state index in [-0.39, 0.29) is 11.7 Å². The molecule has 2 aromatic rings. The third kappa shape index (κ3) is 4.45. The molecule has 0 spiro atoms. The predicted molar refractivity (Wildman–Crippen MR) is 95.8 cm³/mol. The van der Waals surface area contributed by atoms with Gasteiger partial charge in [-0.1, -0.05) is 23.8 Å². The van der Waals surface area contributed by atoms with Gasteiger partial charge in [-0.15, -0.1) is 0 Å². The highest BCUT2D eigenvalue weighted by Crippen LogP contribution is 2.32. The van der Waals surface area contributed by atoms with E-state index in [0.29, 0.717) is 13.0 Å². The molecule has 0 aromatic heterocycles. The number of carbonyl (C=O) groups excluding carboxylic acids is 1. The molecule has 0 atom stereocenters. The SMILES string of the molecule is Cc1ccc(S(=O)(=O)NC(=O)NCCCc2ccc3c(c2)OCO3)cc1. The summed E-state index contributed by atoms with van der Waals surface area (Å²) in [6.45, 7) is 2.44. The second-order valence-corrected chi connectivity index (χ2v) is 7.65. The van der Waals surface area contributed by atoms with Crippen molar-refractivity contribution in [3.05, 3.63) is 53.6 Å². The number of fused-ring (bicyclic) bond motifs is 1. The van der Waals surface area contributed by atoms with E-state index in [4.69, 9.17) is 9.47 Å². The van der Waals surface area contributed by atoms with Gasteiger partial charge in [0.25, 0.3) is 10.0 Å². The number of amides is 2. The summed E-state index contributed by atoms with van der Waals surface area (Å²) < 4.78 is 36.8. The summed E-state index contributed by atoms with van der Waals surface area (Å²) in [6.07, 6.45) is 1.39. The Morgan fingerprint density at radius 1 is 1.08 bits per heavy atom. The number of urea groups is 1. The molecule has 0 fully saturated rings. The number of hydrogen-bond acceptors (Lipinski definition) is 5. The Balaban J connectivity index is 1.44. The van der Waals surface area contributed by atoms with Gasteiger partial charge in [-0.25, -0.2) is 17.9 Å². The van der Waals surface area contributed by atoms with Crippen LogP contribution in [0.2, 0.25) is 0 Å². The number of ether oxygens (including phenoxy) is 2. The van der Waals surface area contributed by atoms with Gasteiger partial charge < -0.3 is 14.8 Å². The van der Waals surface area contributed by atoms with Crippen LogP contribution in [0.4, 0.5) is 4.79 Å². The maximum absolute atomic E-state index is 12.1. The van der Waals surface area contributed by atoms with Gasteiger partial charge in [-0.05, 0) is 49.6 Å². The van der Waals surface area contributed by atoms with Crippen molar-refractivity contribution in [2.45, 2.75) is 24.7 Å². The second-order valence-electron chi connectivity index (χ2n) is 5.97. The van der Waals surface area contributed by atoms with Gasteiger partial charge in [0.05, 0.1) is 4.90 Å². The molecule has 0 unspecified atom stereocenters. The highest BCUT2D eigenvalue weighted by Gasteiger charge is 2.17. The normalized spacial score (nSPS) is 12.7. The summed E-state index contributed by atoms with van der Waals surface area (Å²) in [7, 11) is -3.86. The maximum atomic E-state index is 12.1. The largest absolute Gasteiger partial charge is 0.454 e. The lowest BCUT2D eigenvalue weighted by Gasteiger charge is -2.09. The number of carbonyl (C=O) groups is 1. The van der Waals surface area contributed by atoms with Crippen LogP contribution >= 0.6 is 0 Å². The van der Waals surface area contributed by atoms with Crippen LogP contribution < -0.4 is 19.5 Å². The van der Waals surface area contributed by atoms with Gasteiger partial charge in [0.2, 0.25) is 6.79 Å². The smallest absolute Gasteiger partial charge is 0.328 e. The first-order valence-corrected chi connectivity index (χ1v) is 9.68. The molecule has 2 amide bonds. The Kier molecular flexibility index (Phi) is 5.32. The summed E-state index contributed by atoms with van der Waals surface area (Å²) in [4.78, 5) is 11.9. The molecule has 2 N–H and O–H groups in total. The first-order chi connectivity index (χ1) is 12.4. The Morgan fingerprint density at radius 2 is 1.81 bits per heavy atom. The zero-order chi connectivity index (χ0) is 18.6. The van der Waals surface area contributed by atoms with E-state index in [1.54, 1.807) is 12.1 Å². The van der Waals surface area contributed by atoms with E-state index >= 15 is 0 Å². The molecule has 26 heavy (non-hydrogen) atoms. The fourth-order valence-electron chi connectivity index (χ4n) is 2.53. The van der Waals surface area contributed by atoms with Crippen molar-refractivity contribution in [2.24, 2.45) is 0 Å². The minimum Gasteiger partial charge on any atom is -0.454 e. The molecule has 0 bridgehead atoms. The van der Waals surface area contributed by atoms with Crippen molar-refractivity contribution < 1.29 is 22.7 Å². The molecule has 2 aromatic carbocycles.